The first-order valence-electron chi connectivity index (χ1n) is 3.38. The second-order valence-corrected chi connectivity index (χ2v) is 4.00. The Morgan fingerprint density at radius 2 is 2.36 bits per heavy atom. The molecule has 0 heterocycles. The van der Waals surface area contributed by atoms with Crippen LogP contribution in [-0.4, -0.2) is 22.4 Å². The Hall–Kier alpha value is 0.510. The molecule has 0 fully saturated rings. The standard InChI is InChI=1S/C6H14IN3S/c1-5(3-7)4-9-10-6(8)11-2/h5,9H,3-4H2,1-2H3,(H2,8,10). The predicted octanol–water partition coefficient (Wildman–Crippen LogP) is 1.45. The zero-order valence-corrected chi connectivity index (χ0v) is 9.75. The molecule has 5 heteroatoms. The first kappa shape index (κ1) is 11.5. The van der Waals surface area contributed by atoms with Crippen molar-refractivity contribution in [2.24, 2.45) is 5.92 Å². The summed E-state index contributed by atoms with van der Waals surface area (Å²) in [6.45, 7) is 3.08. The molecular formula is C6H14IN3S. The van der Waals surface area contributed by atoms with E-state index < -0.39 is 0 Å². The van der Waals surface area contributed by atoms with Gasteiger partial charge in [0.15, 0.2) is 5.17 Å². The van der Waals surface area contributed by atoms with E-state index in [0.717, 1.165) is 11.0 Å². The largest absolute Gasteiger partial charge is 0.301 e. The molecule has 1 unspecified atom stereocenters. The van der Waals surface area contributed by atoms with Gasteiger partial charge in [-0.1, -0.05) is 41.3 Å². The molecule has 3 N–H and O–H groups in total. The minimum atomic E-state index is 0.464. The third-order valence-electron chi connectivity index (χ3n) is 1.12. The Morgan fingerprint density at radius 3 is 2.82 bits per heavy atom. The molecule has 0 rings (SSSR count). The fourth-order valence-electron chi connectivity index (χ4n) is 0.411. The SMILES string of the molecule is CSC(=N)NNCC(C)CI. The molecule has 3 nitrogen and oxygen atoms in total. The van der Waals surface area contributed by atoms with Crippen LogP contribution in [0.1, 0.15) is 6.92 Å². The lowest BCUT2D eigenvalue weighted by atomic mass is 10.2. The quantitative estimate of drug-likeness (QED) is 0.241. The van der Waals surface area contributed by atoms with Gasteiger partial charge in [0, 0.05) is 11.0 Å². The maximum absolute atomic E-state index is 7.23. The summed E-state index contributed by atoms with van der Waals surface area (Å²) in [6.07, 6.45) is 1.87. The molecule has 0 bridgehead atoms. The normalized spacial score (nSPS) is 12.6. The van der Waals surface area contributed by atoms with Crippen molar-refractivity contribution in [1.82, 2.24) is 10.9 Å². The van der Waals surface area contributed by atoms with Gasteiger partial charge in [-0.2, -0.15) is 0 Å². The Morgan fingerprint density at radius 1 is 1.73 bits per heavy atom. The van der Waals surface area contributed by atoms with Gasteiger partial charge >= 0.3 is 0 Å². The Bertz CT molecular complexity index is 120. The molecule has 0 spiro atoms. The maximum Gasteiger partial charge on any atom is 0.167 e. The molecule has 0 saturated carbocycles. The zero-order chi connectivity index (χ0) is 8.69. The number of hydrogen-bond donors (Lipinski definition) is 3. The molecule has 0 aromatic rings. The summed E-state index contributed by atoms with van der Waals surface area (Å²) in [5, 5.41) is 7.69. The highest BCUT2D eigenvalue weighted by Gasteiger charge is 1.97. The third-order valence-corrected chi connectivity index (χ3v) is 3.13. The lowest BCUT2D eigenvalue weighted by Gasteiger charge is -2.10. The van der Waals surface area contributed by atoms with Gasteiger partial charge in [-0.25, -0.2) is 5.43 Å². The van der Waals surface area contributed by atoms with Gasteiger partial charge in [-0.05, 0) is 12.2 Å². The van der Waals surface area contributed by atoms with Crippen LogP contribution in [0, 0.1) is 11.3 Å². The molecule has 1 atom stereocenters. The first-order valence-corrected chi connectivity index (χ1v) is 6.13. The van der Waals surface area contributed by atoms with Gasteiger partial charge in [0.05, 0.1) is 0 Å². The van der Waals surface area contributed by atoms with E-state index in [1.165, 1.54) is 11.8 Å². The van der Waals surface area contributed by atoms with Gasteiger partial charge in [-0.15, -0.1) is 0 Å². The topological polar surface area (TPSA) is 47.9 Å². The van der Waals surface area contributed by atoms with Crippen molar-refractivity contribution in [1.29, 1.82) is 5.41 Å². The number of amidine groups is 1. The molecular weight excluding hydrogens is 273 g/mol. The molecule has 0 aliphatic rings. The summed E-state index contributed by atoms with van der Waals surface area (Å²) in [7, 11) is 0. The smallest absolute Gasteiger partial charge is 0.167 e. The molecule has 0 aromatic carbocycles. The van der Waals surface area contributed by atoms with Crippen molar-refractivity contribution < 1.29 is 0 Å². The van der Waals surface area contributed by atoms with Crippen LogP contribution >= 0.6 is 34.4 Å². The second-order valence-electron chi connectivity index (χ2n) is 2.30. The van der Waals surface area contributed by atoms with Crippen LogP contribution in [0.2, 0.25) is 0 Å². The van der Waals surface area contributed by atoms with Gasteiger partial charge in [0.1, 0.15) is 0 Å². The molecule has 11 heavy (non-hydrogen) atoms. The fraction of sp³-hybridized carbons (Fsp3) is 0.833. The summed E-state index contributed by atoms with van der Waals surface area (Å²) in [6, 6.07) is 0. The van der Waals surface area contributed by atoms with Crippen molar-refractivity contribution in [2.75, 3.05) is 17.2 Å². The Balaban J connectivity index is 3.20. The minimum absolute atomic E-state index is 0.464. The van der Waals surface area contributed by atoms with E-state index >= 15 is 0 Å². The molecule has 0 amide bonds. The number of nitrogens with one attached hydrogen (secondary N) is 3. The maximum atomic E-state index is 7.23. The molecule has 0 aliphatic carbocycles. The summed E-state index contributed by atoms with van der Waals surface area (Å²) in [5.41, 5.74) is 5.78. The molecule has 0 radical (unpaired) electrons. The Labute approximate surface area is 85.7 Å². The van der Waals surface area contributed by atoms with Gasteiger partial charge in [-0.3, -0.25) is 5.41 Å². The number of halogens is 1. The number of rotatable bonds is 4. The first-order chi connectivity index (χ1) is 5.20. The number of hydrogen-bond acceptors (Lipinski definition) is 3. The van der Waals surface area contributed by atoms with E-state index in [4.69, 9.17) is 5.41 Å². The minimum Gasteiger partial charge on any atom is -0.301 e. The van der Waals surface area contributed by atoms with Crippen molar-refractivity contribution >= 4 is 39.5 Å². The van der Waals surface area contributed by atoms with Crippen LogP contribution in [-0.2, 0) is 0 Å². The summed E-state index contributed by atoms with van der Waals surface area (Å²) in [4.78, 5) is 0. The van der Waals surface area contributed by atoms with Crippen LogP contribution in [0.5, 0.6) is 0 Å². The summed E-state index contributed by atoms with van der Waals surface area (Å²) in [5.74, 6) is 0.651. The molecule has 0 saturated heterocycles. The number of thioether (sulfide) groups is 1. The van der Waals surface area contributed by atoms with Crippen LogP contribution in [0.25, 0.3) is 0 Å². The molecule has 0 aromatic heterocycles. The highest BCUT2D eigenvalue weighted by Crippen LogP contribution is 1.97. The van der Waals surface area contributed by atoms with Crippen LogP contribution < -0.4 is 10.9 Å². The number of hydrazine groups is 1. The average molecular weight is 287 g/mol. The predicted molar refractivity (Wildman–Crippen MR) is 60.4 cm³/mol. The fourth-order valence-corrected chi connectivity index (χ4v) is 0.897. The van der Waals surface area contributed by atoms with Gasteiger partial charge in [0.25, 0.3) is 0 Å². The lowest BCUT2D eigenvalue weighted by Crippen LogP contribution is -2.38. The Kier molecular flexibility index (Phi) is 7.51. The lowest BCUT2D eigenvalue weighted by molar-refractivity contribution is 0.545. The summed E-state index contributed by atoms with van der Waals surface area (Å²) >= 11 is 3.74. The van der Waals surface area contributed by atoms with Crippen LogP contribution in [0.15, 0.2) is 0 Å². The van der Waals surface area contributed by atoms with Crippen LogP contribution in [0.3, 0.4) is 0 Å². The highest BCUT2D eigenvalue weighted by atomic mass is 127. The molecule has 66 valence electrons. The van der Waals surface area contributed by atoms with Crippen molar-refractivity contribution in [3.05, 3.63) is 0 Å². The van der Waals surface area contributed by atoms with Crippen molar-refractivity contribution in [3.63, 3.8) is 0 Å². The van der Waals surface area contributed by atoms with E-state index in [-0.39, 0.29) is 0 Å². The van der Waals surface area contributed by atoms with Gasteiger partial charge < -0.3 is 5.43 Å². The van der Waals surface area contributed by atoms with E-state index in [2.05, 4.69) is 40.4 Å². The van der Waals surface area contributed by atoms with Crippen LogP contribution in [0.4, 0.5) is 0 Å². The van der Waals surface area contributed by atoms with E-state index in [1.807, 2.05) is 6.26 Å². The van der Waals surface area contributed by atoms with Crippen molar-refractivity contribution in [2.45, 2.75) is 6.92 Å². The van der Waals surface area contributed by atoms with E-state index in [9.17, 15) is 0 Å². The van der Waals surface area contributed by atoms with Crippen molar-refractivity contribution in [3.8, 4) is 0 Å². The number of alkyl halides is 1. The average Bonchev–Trinajstić information content (AvgIpc) is 2.04. The third kappa shape index (κ3) is 6.89. The van der Waals surface area contributed by atoms with E-state index in [0.29, 0.717) is 11.1 Å². The zero-order valence-electron chi connectivity index (χ0n) is 6.78. The monoisotopic (exact) mass is 287 g/mol. The second kappa shape index (κ2) is 7.17. The molecule has 0 aliphatic heterocycles. The van der Waals surface area contributed by atoms with E-state index in [1.54, 1.807) is 0 Å². The summed E-state index contributed by atoms with van der Waals surface area (Å²) < 4.78 is 1.14. The highest BCUT2D eigenvalue weighted by molar-refractivity contribution is 14.1. The van der Waals surface area contributed by atoms with Gasteiger partial charge in [0.2, 0.25) is 0 Å².